The molecule has 0 saturated carbocycles. The molecule has 2 aromatic rings. The molecule has 0 spiro atoms. The zero-order valence-corrected chi connectivity index (χ0v) is 8.65. The average Bonchev–Trinajstić information content (AvgIpc) is 2.85. The second-order valence-corrected chi connectivity index (χ2v) is 3.09. The Morgan fingerprint density at radius 2 is 2.41 bits per heavy atom. The second-order valence-electron chi connectivity index (χ2n) is 3.09. The molecule has 0 aliphatic carbocycles. The number of amides is 1. The fourth-order valence-electron chi connectivity index (χ4n) is 1.31. The molecule has 17 heavy (non-hydrogen) atoms. The van der Waals surface area contributed by atoms with Crippen LogP contribution >= 0.6 is 0 Å². The van der Waals surface area contributed by atoms with Crippen LogP contribution in [-0.4, -0.2) is 26.0 Å². The zero-order valence-electron chi connectivity index (χ0n) is 8.65. The first kappa shape index (κ1) is 10.8. The number of carbonyl (C=O) groups is 1. The summed E-state index contributed by atoms with van der Waals surface area (Å²) in [5.74, 6) is 0.257. The third-order valence-electron chi connectivity index (χ3n) is 2.09. The maximum atomic E-state index is 10.6. The summed E-state index contributed by atoms with van der Waals surface area (Å²) in [7, 11) is 1.49. The SMILES string of the molecule is Cn1c([N+](=O)[O-])cnc1-c1cc(NC=O)on1. The van der Waals surface area contributed by atoms with Crippen LogP contribution in [0.1, 0.15) is 0 Å². The van der Waals surface area contributed by atoms with E-state index in [1.165, 1.54) is 17.7 Å². The lowest BCUT2D eigenvalue weighted by Crippen LogP contribution is -1.98. The topological polar surface area (TPSA) is 116 Å². The van der Waals surface area contributed by atoms with Crippen molar-refractivity contribution in [2.45, 2.75) is 0 Å². The van der Waals surface area contributed by atoms with Crippen molar-refractivity contribution >= 4 is 18.1 Å². The first-order chi connectivity index (χ1) is 8.13. The Balaban J connectivity index is 2.39. The van der Waals surface area contributed by atoms with Crippen molar-refractivity contribution in [2.75, 3.05) is 5.32 Å². The van der Waals surface area contributed by atoms with Crippen molar-refractivity contribution in [3.63, 3.8) is 0 Å². The highest BCUT2D eigenvalue weighted by Gasteiger charge is 2.20. The Hall–Kier alpha value is -2.71. The maximum Gasteiger partial charge on any atom is 0.342 e. The number of anilines is 1. The first-order valence-corrected chi connectivity index (χ1v) is 4.47. The van der Waals surface area contributed by atoms with Gasteiger partial charge in [-0.15, -0.1) is 0 Å². The third-order valence-corrected chi connectivity index (χ3v) is 2.09. The van der Waals surface area contributed by atoms with Gasteiger partial charge in [-0.05, 0) is 4.92 Å². The van der Waals surface area contributed by atoms with Crippen molar-refractivity contribution in [1.82, 2.24) is 14.7 Å². The second kappa shape index (κ2) is 4.04. The molecule has 2 aromatic heterocycles. The van der Waals surface area contributed by atoms with Crippen molar-refractivity contribution < 1.29 is 14.2 Å². The van der Waals surface area contributed by atoms with E-state index in [-0.39, 0.29) is 17.5 Å². The number of carbonyl (C=O) groups excluding carboxylic acids is 1. The largest absolute Gasteiger partial charge is 0.358 e. The standard InChI is InChI=1S/C8H7N5O4/c1-12-7(13(15)16)3-9-8(12)5-2-6(10-4-14)17-11-5/h2-4H,1H3,(H,10,14). The van der Waals surface area contributed by atoms with Gasteiger partial charge < -0.3 is 14.6 Å². The van der Waals surface area contributed by atoms with E-state index >= 15 is 0 Å². The lowest BCUT2D eigenvalue weighted by atomic mass is 10.4. The van der Waals surface area contributed by atoms with Crippen LogP contribution < -0.4 is 5.32 Å². The summed E-state index contributed by atoms with van der Waals surface area (Å²) in [4.78, 5) is 24.1. The molecule has 1 amide bonds. The molecule has 0 unspecified atom stereocenters. The summed E-state index contributed by atoms with van der Waals surface area (Å²) in [6.45, 7) is 0. The van der Waals surface area contributed by atoms with Gasteiger partial charge in [-0.1, -0.05) is 5.16 Å². The summed E-state index contributed by atoms with van der Waals surface area (Å²) in [5.41, 5.74) is 0.296. The first-order valence-electron chi connectivity index (χ1n) is 4.47. The Morgan fingerprint density at radius 1 is 1.65 bits per heavy atom. The molecular formula is C8H7N5O4. The molecule has 9 nitrogen and oxygen atoms in total. The summed E-state index contributed by atoms with van der Waals surface area (Å²) in [6, 6.07) is 1.42. The van der Waals surface area contributed by atoms with E-state index < -0.39 is 4.92 Å². The number of rotatable bonds is 4. The monoisotopic (exact) mass is 237 g/mol. The minimum Gasteiger partial charge on any atom is -0.358 e. The fourth-order valence-corrected chi connectivity index (χ4v) is 1.31. The van der Waals surface area contributed by atoms with Crippen LogP contribution in [-0.2, 0) is 11.8 Å². The number of hydrogen-bond donors (Lipinski definition) is 1. The van der Waals surface area contributed by atoms with Gasteiger partial charge >= 0.3 is 5.82 Å². The minimum absolute atomic E-state index is 0.139. The smallest absolute Gasteiger partial charge is 0.342 e. The minimum atomic E-state index is -0.554. The summed E-state index contributed by atoms with van der Waals surface area (Å²) in [6.07, 6.45) is 1.56. The predicted molar refractivity (Wildman–Crippen MR) is 55.0 cm³/mol. The van der Waals surface area contributed by atoms with Gasteiger partial charge in [0.2, 0.25) is 12.3 Å². The number of hydrogen-bond acceptors (Lipinski definition) is 6. The highest BCUT2D eigenvalue weighted by Crippen LogP contribution is 2.23. The number of aromatic nitrogens is 3. The van der Waals surface area contributed by atoms with Gasteiger partial charge in [-0.3, -0.25) is 10.1 Å². The van der Waals surface area contributed by atoms with Gasteiger partial charge in [-0.2, -0.15) is 0 Å². The van der Waals surface area contributed by atoms with Crippen LogP contribution in [0.2, 0.25) is 0 Å². The van der Waals surface area contributed by atoms with Gasteiger partial charge in [0.1, 0.15) is 6.20 Å². The van der Waals surface area contributed by atoms with Crippen LogP contribution in [0.5, 0.6) is 0 Å². The molecule has 9 heteroatoms. The molecule has 88 valence electrons. The Labute approximate surface area is 94.2 Å². The van der Waals surface area contributed by atoms with Crippen LogP contribution in [0, 0.1) is 10.1 Å². The molecule has 2 heterocycles. The lowest BCUT2D eigenvalue weighted by Gasteiger charge is -1.94. The van der Waals surface area contributed by atoms with Gasteiger partial charge in [-0.25, -0.2) is 9.55 Å². The van der Waals surface area contributed by atoms with Crippen molar-refractivity contribution in [3.05, 3.63) is 22.4 Å². The van der Waals surface area contributed by atoms with Crippen molar-refractivity contribution in [3.8, 4) is 11.5 Å². The summed E-state index contributed by atoms with van der Waals surface area (Å²) >= 11 is 0. The molecule has 1 N–H and O–H groups in total. The molecule has 0 aromatic carbocycles. The van der Waals surface area contributed by atoms with Crippen molar-refractivity contribution in [2.24, 2.45) is 7.05 Å². The quantitative estimate of drug-likeness (QED) is 0.471. The molecule has 0 atom stereocenters. The van der Waals surface area contributed by atoms with Crippen LogP contribution in [0.4, 0.5) is 11.7 Å². The Bertz CT molecular complexity index is 572. The molecule has 0 radical (unpaired) electrons. The molecule has 0 aliphatic rings. The van der Waals surface area contributed by atoms with Gasteiger partial charge in [0.25, 0.3) is 5.82 Å². The fraction of sp³-hybridized carbons (Fsp3) is 0.125. The van der Waals surface area contributed by atoms with Crippen molar-refractivity contribution in [1.29, 1.82) is 0 Å². The number of imidazole rings is 1. The van der Waals surface area contributed by atoms with E-state index in [1.807, 2.05) is 0 Å². The lowest BCUT2D eigenvalue weighted by molar-refractivity contribution is -0.391. The third kappa shape index (κ3) is 1.85. The highest BCUT2D eigenvalue weighted by atomic mass is 16.6. The average molecular weight is 237 g/mol. The van der Waals surface area contributed by atoms with Gasteiger partial charge in [0.05, 0.1) is 7.05 Å². The van der Waals surface area contributed by atoms with E-state index in [0.29, 0.717) is 12.1 Å². The van der Waals surface area contributed by atoms with Crippen LogP contribution in [0.25, 0.3) is 11.5 Å². The Kier molecular flexibility index (Phi) is 2.57. The highest BCUT2D eigenvalue weighted by molar-refractivity contribution is 5.69. The van der Waals surface area contributed by atoms with Crippen LogP contribution in [0.3, 0.4) is 0 Å². The summed E-state index contributed by atoms with van der Waals surface area (Å²) < 4.78 is 6.04. The normalized spacial score (nSPS) is 10.2. The zero-order chi connectivity index (χ0) is 12.4. The molecule has 2 rings (SSSR count). The summed E-state index contributed by atoms with van der Waals surface area (Å²) in [5, 5.41) is 16.5. The van der Waals surface area contributed by atoms with E-state index in [2.05, 4.69) is 15.5 Å². The van der Waals surface area contributed by atoms with Gasteiger partial charge in [0.15, 0.2) is 5.69 Å². The predicted octanol–water partition coefficient (Wildman–Crippen LogP) is 0.552. The number of nitrogens with one attached hydrogen (secondary N) is 1. The molecule has 0 fully saturated rings. The maximum absolute atomic E-state index is 10.6. The van der Waals surface area contributed by atoms with E-state index in [4.69, 9.17) is 4.52 Å². The van der Waals surface area contributed by atoms with Gasteiger partial charge in [0, 0.05) is 6.07 Å². The van der Waals surface area contributed by atoms with E-state index in [0.717, 1.165) is 6.20 Å². The Morgan fingerprint density at radius 3 is 3.00 bits per heavy atom. The number of nitrogens with zero attached hydrogens (tertiary/aromatic N) is 4. The van der Waals surface area contributed by atoms with Crippen LogP contribution in [0.15, 0.2) is 16.8 Å². The molecular weight excluding hydrogens is 230 g/mol. The molecule has 0 aliphatic heterocycles. The van der Waals surface area contributed by atoms with E-state index in [9.17, 15) is 14.9 Å². The van der Waals surface area contributed by atoms with E-state index in [1.54, 1.807) is 0 Å². The molecule has 0 saturated heterocycles. The molecule has 0 bridgehead atoms. The number of nitro groups is 1.